The van der Waals surface area contributed by atoms with E-state index in [1.165, 1.54) is 18.2 Å². The van der Waals surface area contributed by atoms with E-state index in [9.17, 15) is 24.5 Å². The van der Waals surface area contributed by atoms with Crippen molar-refractivity contribution in [3.05, 3.63) is 77.6 Å². The van der Waals surface area contributed by atoms with E-state index in [2.05, 4.69) is 15.3 Å². The molecule has 1 unspecified atom stereocenters. The molecule has 2 aromatic rings. The van der Waals surface area contributed by atoms with Gasteiger partial charge in [-0.05, 0) is 19.4 Å². The van der Waals surface area contributed by atoms with Gasteiger partial charge >= 0.3 is 11.7 Å². The smallest absolute Gasteiger partial charge is 0.336 e. The molecule has 1 aromatic heterocycles. The Balaban J connectivity index is 2.30. The number of fused-ring (bicyclic) bond motifs is 1. The van der Waals surface area contributed by atoms with Crippen molar-refractivity contribution in [2.75, 3.05) is 11.9 Å². The number of carbonyl (C=O) groups is 1. The molecule has 2 heterocycles. The predicted molar refractivity (Wildman–Crippen MR) is 95.6 cm³/mol. The molecular weight excluding hydrogens is 356 g/mol. The van der Waals surface area contributed by atoms with Crippen LogP contribution in [0.25, 0.3) is 0 Å². The molecule has 0 bridgehead atoms. The lowest BCUT2D eigenvalue weighted by Crippen LogP contribution is -2.35. The maximum Gasteiger partial charge on any atom is 0.336 e. The summed E-state index contributed by atoms with van der Waals surface area (Å²) in [4.78, 5) is 51.9. The number of H-pyrrole nitrogens is 2. The van der Waals surface area contributed by atoms with Crippen LogP contribution < -0.4 is 16.6 Å². The summed E-state index contributed by atoms with van der Waals surface area (Å²) < 4.78 is 5.10. The maximum absolute atomic E-state index is 12.6. The quantitative estimate of drug-likeness (QED) is 0.417. The van der Waals surface area contributed by atoms with Gasteiger partial charge in [0.05, 0.1) is 28.6 Å². The highest BCUT2D eigenvalue weighted by atomic mass is 16.6. The fraction of sp³-hybridized carbons (Fsp3) is 0.235. The normalized spacial score (nSPS) is 15.7. The van der Waals surface area contributed by atoms with E-state index in [-0.39, 0.29) is 29.2 Å². The van der Waals surface area contributed by atoms with Crippen molar-refractivity contribution in [2.45, 2.75) is 19.8 Å². The average Bonchev–Trinajstić information content (AvgIpc) is 2.60. The first-order valence-electron chi connectivity index (χ1n) is 8.09. The van der Waals surface area contributed by atoms with Crippen molar-refractivity contribution in [3.8, 4) is 0 Å². The summed E-state index contributed by atoms with van der Waals surface area (Å²) in [5.41, 5.74) is -0.658. The number of rotatable bonds is 4. The van der Waals surface area contributed by atoms with Gasteiger partial charge in [0.15, 0.2) is 0 Å². The summed E-state index contributed by atoms with van der Waals surface area (Å²) in [6, 6.07) is 5.64. The molecular formula is C17H16N4O6. The molecule has 0 radical (unpaired) electrons. The van der Waals surface area contributed by atoms with Crippen LogP contribution in [0.15, 0.2) is 45.1 Å². The lowest BCUT2D eigenvalue weighted by molar-refractivity contribution is -0.384. The molecule has 1 aliphatic rings. The summed E-state index contributed by atoms with van der Waals surface area (Å²) in [6.07, 6.45) is 0. The van der Waals surface area contributed by atoms with Gasteiger partial charge in [-0.2, -0.15) is 0 Å². The average molecular weight is 372 g/mol. The van der Waals surface area contributed by atoms with Gasteiger partial charge in [0.1, 0.15) is 5.82 Å². The second kappa shape index (κ2) is 6.90. The highest BCUT2D eigenvalue weighted by Crippen LogP contribution is 2.39. The molecule has 1 aliphatic heterocycles. The van der Waals surface area contributed by atoms with Crippen molar-refractivity contribution in [2.24, 2.45) is 0 Å². The van der Waals surface area contributed by atoms with Crippen LogP contribution in [0.5, 0.6) is 0 Å². The van der Waals surface area contributed by atoms with E-state index in [0.29, 0.717) is 11.3 Å². The fourth-order valence-corrected chi connectivity index (χ4v) is 3.12. The first-order valence-corrected chi connectivity index (χ1v) is 8.09. The highest BCUT2D eigenvalue weighted by Gasteiger charge is 2.36. The van der Waals surface area contributed by atoms with Crippen molar-refractivity contribution >= 4 is 17.5 Å². The lowest BCUT2D eigenvalue weighted by Gasteiger charge is -2.28. The van der Waals surface area contributed by atoms with Crippen LogP contribution in [0.2, 0.25) is 0 Å². The van der Waals surface area contributed by atoms with E-state index in [1.807, 2.05) is 0 Å². The molecule has 0 saturated carbocycles. The minimum absolute atomic E-state index is 0.0729. The third-order valence-electron chi connectivity index (χ3n) is 4.18. The fourth-order valence-electron chi connectivity index (χ4n) is 3.12. The predicted octanol–water partition coefficient (Wildman–Crippen LogP) is 1.37. The monoisotopic (exact) mass is 372 g/mol. The Hall–Kier alpha value is -3.69. The van der Waals surface area contributed by atoms with Crippen LogP contribution in [0.4, 0.5) is 11.5 Å². The minimum atomic E-state index is -0.944. The molecule has 0 saturated heterocycles. The molecule has 0 aliphatic carbocycles. The van der Waals surface area contributed by atoms with Gasteiger partial charge in [-0.25, -0.2) is 9.59 Å². The largest absolute Gasteiger partial charge is 0.463 e. The number of esters is 1. The van der Waals surface area contributed by atoms with Crippen LogP contribution in [0.3, 0.4) is 0 Å². The number of nitrogens with one attached hydrogen (secondary N) is 3. The van der Waals surface area contributed by atoms with Crippen molar-refractivity contribution < 1.29 is 14.5 Å². The molecule has 140 valence electrons. The van der Waals surface area contributed by atoms with Crippen LogP contribution in [-0.4, -0.2) is 27.5 Å². The van der Waals surface area contributed by atoms with E-state index in [0.717, 1.165) is 0 Å². The molecule has 10 heteroatoms. The Morgan fingerprint density at radius 3 is 2.70 bits per heavy atom. The number of hydrogen-bond donors (Lipinski definition) is 3. The number of benzene rings is 1. The molecule has 0 amide bonds. The van der Waals surface area contributed by atoms with E-state index in [4.69, 9.17) is 4.74 Å². The van der Waals surface area contributed by atoms with Crippen molar-refractivity contribution in [1.82, 2.24) is 9.97 Å². The first-order chi connectivity index (χ1) is 12.8. The van der Waals surface area contributed by atoms with E-state index >= 15 is 0 Å². The maximum atomic E-state index is 12.6. The van der Waals surface area contributed by atoms with Crippen molar-refractivity contribution in [1.29, 1.82) is 0 Å². The second-order valence-electron chi connectivity index (χ2n) is 5.87. The van der Waals surface area contributed by atoms with Gasteiger partial charge < -0.3 is 10.1 Å². The zero-order valence-corrected chi connectivity index (χ0v) is 14.5. The third-order valence-corrected chi connectivity index (χ3v) is 4.18. The number of aromatic nitrogens is 2. The van der Waals surface area contributed by atoms with Crippen LogP contribution in [-0.2, 0) is 9.53 Å². The highest BCUT2D eigenvalue weighted by molar-refractivity contribution is 5.94. The third kappa shape index (κ3) is 3.24. The first kappa shape index (κ1) is 18.1. The number of nitro benzene ring substituents is 1. The SMILES string of the molecule is CCOC(=O)C1=C(C)Nc2[nH]c(=O)[nH]c(=O)c2C1c1cccc([N+](=O)[O-])c1. The number of carbonyl (C=O) groups excluding carboxylic acids is 1. The molecule has 1 atom stereocenters. The van der Waals surface area contributed by atoms with E-state index < -0.39 is 28.1 Å². The lowest BCUT2D eigenvalue weighted by atomic mass is 9.82. The summed E-state index contributed by atoms with van der Waals surface area (Å²) in [5.74, 6) is -1.47. The molecule has 0 spiro atoms. The zero-order valence-electron chi connectivity index (χ0n) is 14.5. The number of hydrogen-bond acceptors (Lipinski definition) is 7. The van der Waals surface area contributed by atoms with Crippen LogP contribution in [0, 0.1) is 10.1 Å². The zero-order chi connectivity index (χ0) is 19.7. The standard InChI is InChI=1S/C17H16N4O6/c1-3-27-16(23)11-8(2)18-14-13(15(22)20-17(24)19-14)12(11)9-5-4-6-10(7-9)21(25)26/h4-7,12H,3H2,1-2H3,(H3,18,19,20,22,24). The summed E-state index contributed by atoms with van der Waals surface area (Å²) in [7, 11) is 0. The summed E-state index contributed by atoms with van der Waals surface area (Å²) in [5, 5.41) is 14.0. The molecule has 1 aromatic carbocycles. The van der Waals surface area contributed by atoms with Gasteiger partial charge in [0.25, 0.3) is 11.2 Å². The van der Waals surface area contributed by atoms with Crippen LogP contribution >= 0.6 is 0 Å². The molecule has 3 N–H and O–H groups in total. The number of nitro groups is 1. The Labute approximate surface area is 152 Å². The second-order valence-corrected chi connectivity index (χ2v) is 5.87. The summed E-state index contributed by atoms with van der Waals surface area (Å²) >= 11 is 0. The van der Waals surface area contributed by atoms with Gasteiger partial charge in [0, 0.05) is 17.8 Å². The Bertz CT molecular complexity index is 1080. The number of aromatic amines is 2. The Morgan fingerprint density at radius 1 is 1.30 bits per heavy atom. The number of ether oxygens (including phenoxy) is 1. The Kier molecular flexibility index (Phi) is 4.63. The van der Waals surface area contributed by atoms with Crippen molar-refractivity contribution in [3.63, 3.8) is 0 Å². The molecule has 27 heavy (non-hydrogen) atoms. The van der Waals surface area contributed by atoms with Gasteiger partial charge in [-0.1, -0.05) is 12.1 Å². The number of non-ortho nitro benzene ring substituents is 1. The van der Waals surface area contributed by atoms with Gasteiger partial charge in [-0.3, -0.25) is 24.9 Å². The number of allylic oxidation sites excluding steroid dienone is 1. The number of anilines is 1. The topological polar surface area (TPSA) is 147 Å². The Morgan fingerprint density at radius 2 is 2.04 bits per heavy atom. The molecule has 10 nitrogen and oxygen atoms in total. The molecule has 3 rings (SSSR count). The molecule has 0 fully saturated rings. The van der Waals surface area contributed by atoms with Crippen LogP contribution in [0.1, 0.15) is 30.9 Å². The van der Waals surface area contributed by atoms with Gasteiger partial charge in [0.2, 0.25) is 0 Å². The number of nitrogens with zero attached hydrogens (tertiary/aromatic N) is 1. The van der Waals surface area contributed by atoms with E-state index in [1.54, 1.807) is 19.9 Å². The summed E-state index contributed by atoms with van der Waals surface area (Å²) in [6.45, 7) is 3.36. The van der Waals surface area contributed by atoms with Gasteiger partial charge in [-0.15, -0.1) is 0 Å². The minimum Gasteiger partial charge on any atom is -0.463 e.